The zero-order valence-electron chi connectivity index (χ0n) is 23.4. The van der Waals surface area contributed by atoms with Crippen LogP contribution in [0.3, 0.4) is 0 Å². The molecule has 2 aliphatic rings. The molecular formula is C32H34Cl2N4O3. The van der Waals surface area contributed by atoms with E-state index in [4.69, 9.17) is 33.0 Å². The van der Waals surface area contributed by atoms with Crippen molar-refractivity contribution in [3.8, 4) is 0 Å². The van der Waals surface area contributed by atoms with Gasteiger partial charge in [0.2, 0.25) is 0 Å². The van der Waals surface area contributed by atoms with Crippen LogP contribution < -0.4 is 0 Å². The van der Waals surface area contributed by atoms with Crippen LogP contribution in [0.5, 0.6) is 0 Å². The third kappa shape index (κ3) is 6.81. The number of aryl methyl sites for hydroxylation is 2. The number of ether oxygens (including phenoxy) is 1. The maximum Gasteiger partial charge on any atom is 0.262 e. The topological polar surface area (TPSA) is 65.5 Å². The number of hydrazone groups is 1. The normalized spacial score (nSPS) is 17.4. The fourth-order valence-corrected chi connectivity index (χ4v) is 5.68. The second-order valence-corrected chi connectivity index (χ2v) is 11.3. The van der Waals surface area contributed by atoms with Crippen LogP contribution in [-0.2, 0) is 9.53 Å². The lowest BCUT2D eigenvalue weighted by molar-refractivity contribution is -0.133. The lowest BCUT2D eigenvalue weighted by atomic mass is 9.96. The van der Waals surface area contributed by atoms with Crippen molar-refractivity contribution in [3.05, 3.63) is 105 Å². The summed E-state index contributed by atoms with van der Waals surface area (Å²) in [5.74, 6) is -0.569. The molecular weight excluding hydrogens is 559 g/mol. The summed E-state index contributed by atoms with van der Waals surface area (Å²) < 4.78 is 5.47. The van der Waals surface area contributed by atoms with E-state index in [9.17, 15) is 9.59 Å². The molecule has 0 saturated carbocycles. The van der Waals surface area contributed by atoms with Gasteiger partial charge >= 0.3 is 0 Å². The minimum Gasteiger partial charge on any atom is -0.379 e. The van der Waals surface area contributed by atoms with Gasteiger partial charge in [0.1, 0.15) is 6.54 Å². The van der Waals surface area contributed by atoms with Gasteiger partial charge in [0.15, 0.2) is 0 Å². The van der Waals surface area contributed by atoms with Crippen molar-refractivity contribution in [1.29, 1.82) is 0 Å². The van der Waals surface area contributed by atoms with E-state index in [1.54, 1.807) is 29.2 Å². The Balaban J connectivity index is 1.44. The summed E-state index contributed by atoms with van der Waals surface area (Å²) in [5.41, 5.74) is 5.32. The largest absolute Gasteiger partial charge is 0.379 e. The molecule has 1 saturated heterocycles. The molecule has 0 aromatic heterocycles. The third-order valence-corrected chi connectivity index (χ3v) is 8.45. The van der Waals surface area contributed by atoms with E-state index >= 15 is 0 Å². The van der Waals surface area contributed by atoms with E-state index in [0.29, 0.717) is 48.3 Å². The molecule has 2 aliphatic heterocycles. The van der Waals surface area contributed by atoms with Gasteiger partial charge in [-0.1, -0.05) is 65.7 Å². The molecule has 3 aromatic rings. The Kier molecular flexibility index (Phi) is 9.40. The van der Waals surface area contributed by atoms with Gasteiger partial charge in [-0.25, -0.2) is 5.01 Å². The Morgan fingerprint density at radius 1 is 0.951 bits per heavy atom. The smallest absolute Gasteiger partial charge is 0.262 e. The first-order chi connectivity index (χ1) is 19.8. The summed E-state index contributed by atoms with van der Waals surface area (Å²) >= 11 is 13.0. The highest BCUT2D eigenvalue weighted by molar-refractivity contribution is 6.33. The van der Waals surface area contributed by atoms with E-state index in [0.717, 1.165) is 35.5 Å². The van der Waals surface area contributed by atoms with Crippen LogP contribution in [0.25, 0.3) is 0 Å². The van der Waals surface area contributed by atoms with E-state index in [-0.39, 0.29) is 24.4 Å². The SMILES string of the molecule is Cc1ccc(C2=NN(C(=O)CN(CCN3CCOCC3)C(=O)c3ccccc3Cl)[C@@H](c3ccccc3Cl)C2)cc1C. The summed E-state index contributed by atoms with van der Waals surface area (Å²) in [6.07, 6.45) is 0.518. The van der Waals surface area contributed by atoms with Crippen LogP contribution in [0.4, 0.5) is 0 Å². The third-order valence-electron chi connectivity index (χ3n) is 7.78. The van der Waals surface area contributed by atoms with Gasteiger partial charge in [-0.05, 0) is 60.4 Å². The lowest BCUT2D eigenvalue weighted by Gasteiger charge is -2.31. The van der Waals surface area contributed by atoms with Crippen LogP contribution in [0, 0.1) is 13.8 Å². The predicted molar refractivity (Wildman–Crippen MR) is 163 cm³/mol. The average molecular weight is 594 g/mol. The van der Waals surface area contributed by atoms with Gasteiger partial charge in [-0.15, -0.1) is 0 Å². The Morgan fingerprint density at radius 3 is 2.37 bits per heavy atom. The zero-order chi connectivity index (χ0) is 28.9. The molecule has 1 atom stereocenters. The summed E-state index contributed by atoms with van der Waals surface area (Å²) in [5, 5.41) is 7.26. The molecule has 9 heteroatoms. The van der Waals surface area contributed by atoms with E-state index in [1.807, 2.05) is 30.3 Å². The van der Waals surface area contributed by atoms with Crippen LogP contribution in [0.1, 0.15) is 45.1 Å². The molecule has 41 heavy (non-hydrogen) atoms. The molecule has 0 radical (unpaired) electrons. The van der Waals surface area contributed by atoms with E-state index in [2.05, 4.69) is 30.9 Å². The van der Waals surface area contributed by atoms with Crippen molar-refractivity contribution in [2.45, 2.75) is 26.3 Å². The number of rotatable bonds is 8. The van der Waals surface area contributed by atoms with Gasteiger partial charge in [0.05, 0.1) is 35.6 Å². The summed E-state index contributed by atoms with van der Waals surface area (Å²) in [6.45, 7) is 7.86. The van der Waals surface area contributed by atoms with Crippen molar-refractivity contribution in [1.82, 2.24) is 14.8 Å². The van der Waals surface area contributed by atoms with Crippen LogP contribution >= 0.6 is 23.2 Å². The molecule has 0 N–H and O–H groups in total. The molecule has 7 nitrogen and oxygen atoms in total. The number of benzene rings is 3. The lowest BCUT2D eigenvalue weighted by Crippen LogP contribution is -2.46. The van der Waals surface area contributed by atoms with Gasteiger partial charge in [0.25, 0.3) is 11.8 Å². The number of amides is 2. The number of nitrogens with zero attached hydrogens (tertiary/aromatic N) is 4. The predicted octanol–water partition coefficient (Wildman–Crippen LogP) is 5.76. The van der Waals surface area contributed by atoms with Gasteiger partial charge in [-0.3, -0.25) is 14.5 Å². The highest BCUT2D eigenvalue weighted by atomic mass is 35.5. The quantitative estimate of drug-likeness (QED) is 0.333. The first-order valence-corrected chi connectivity index (χ1v) is 14.6. The fourth-order valence-electron chi connectivity index (χ4n) is 5.20. The number of hydrogen-bond donors (Lipinski definition) is 0. The molecule has 0 spiro atoms. The minimum absolute atomic E-state index is 0.140. The van der Waals surface area contributed by atoms with Crippen LogP contribution in [0.2, 0.25) is 10.0 Å². The Labute approximate surface area is 251 Å². The monoisotopic (exact) mass is 592 g/mol. The standard InChI is InChI=1S/C32H34Cl2N4O3/c1-22-11-12-24(19-23(22)2)29-20-30(25-7-3-5-9-27(25)33)38(35-29)31(39)21-37(14-13-36-15-17-41-18-16-36)32(40)26-8-4-6-10-28(26)34/h3-12,19,30H,13-18,20-21H2,1-2H3/t30-/m1/s1. The summed E-state index contributed by atoms with van der Waals surface area (Å²) in [6, 6.07) is 20.3. The molecule has 0 bridgehead atoms. The molecule has 5 rings (SSSR count). The highest BCUT2D eigenvalue weighted by Crippen LogP contribution is 2.36. The Bertz CT molecular complexity index is 1450. The van der Waals surface area contributed by atoms with Crippen molar-refractivity contribution < 1.29 is 14.3 Å². The molecule has 0 unspecified atom stereocenters. The zero-order valence-corrected chi connectivity index (χ0v) is 24.9. The number of hydrogen-bond acceptors (Lipinski definition) is 5. The Morgan fingerprint density at radius 2 is 1.66 bits per heavy atom. The van der Waals surface area contributed by atoms with Crippen molar-refractivity contribution >= 4 is 40.7 Å². The number of halogens is 2. The first kappa shape index (κ1) is 29.3. The second-order valence-electron chi connectivity index (χ2n) is 10.5. The second kappa shape index (κ2) is 13.2. The first-order valence-electron chi connectivity index (χ1n) is 13.9. The Hall–Kier alpha value is -3.23. The van der Waals surface area contributed by atoms with Gasteiger partial charge in [0, 0.05) is 37.6 Å². The maximum absolute atomic E-state index is 14.0. The molecule has 1 fully saturated rings. The minimum atomic E-state index is -0.385. The molecule has 2 amide bonds. The van der Waals surface area contributed by atoms with Gasteiger partial charge in [-0.2, -0.15) is 5.10 Å². The molecule has 3 aromatic carbocycles. The number of carbonyl (C=O) groups excluding carboxylic acids is 2. The maximum atomic E-state index is 14.0. The molecule has 214 valence electrons. The molecule has 2 heterocycles. The number of morpholine rings is 1. The highest BCUT2D eigenvalue weighted by Gasteiger charge is 2.36. The van der Waals surface area contributed by atoms with Gasteiger partial charge < -0.3 is 9.64 Å². The fraction of sp³-hybridized carbons (Fsp3) is 0.344. The summed E-state index contributed by atoms with van der Waals surface area (Å²) in [7, 11) is 0. The van der Waals surface area contributed by atoms with Crippen molar-refractivity contribution in [3.63, 3.8) is 0 Å². The molecule has 0 aliphatic carbocycles. The van der Waals surface area contributed by atoms with Crippen LogP contribution in [-0.4, -0.2) is 78.3 Å². The van der Waals surface area contributed by atoms with Crippen molar-refractivity contribution in [2.75, 3.05) is 45.9 Å². The van der Waals surface area contributed by atoms with Crippen molar-refractivity contribution in [2.24, 2.45) is 5.10 Å². The van der Waals surface area contributed by atoms with Crippen LogP contribution in [0.15, 0.2) is 71.8 Å². The van der Waals surface area contributed by atoms with E-state index < -0.39 is 0 Å². The summed E-state index contributed by atoms with van der Waals surface area (Å²) in [4.78, 5) is 31.6. The average Bonchev–Trinajstić information content (AvgIpc) is 3.43. The number of carbonyl (C=O) groups is 2. The van der Waals surface area contributed by atoms with E-state index in [1.165, 1.54) is 10.6 Å².